The van der Waals surface area contributed by atoms with E-state index in [4.69, 9.17) is 4.74 Å². The summed E-state index contributed by atoms with van der Waals surface area (Å²) in [5.74, 6) is -0.204. The van der Waals surface area contributed by atoms with Crippen molar-refractivity contribution in [3.8, 4) is 0 Å². The van der Waals surface area contributed by atoms with Crippen LogP contribution >= 0.6 is 0 Å². The van der Waals surface area contributed by atoms with E-state index in [0.29, 0.717) is 0 Å². The summed E-state index contributed by atoms with van der Waals surface area (Å²) in [5.41, 5.74) is 0. The summed E-state index contributed by atoms with van der Waals surface area (Å²) in [6, 6.07) is 0.0902. The molecule has 4 heteroatoms. The van der Waals surface area contributed by atoms with Gasteiger partial charge in [-0.1, -0.05) is 6.92 Å². The largest absolute Gasteiger partial charge is 0.380 e. The molecule has 1 unspecified atom stereocenters. The number of hydrogen-bond donors (Lipinski definition) is 1. The number of ether oxygens (including phenoxy) is 1. The molecule has 2 heterocycles. The fraction of sp³-hybridized carbons (Fsp3) is 0.889. The van der Waals surface area contributed by atoms with Crippen molar-refractivity contribution in [3.05, 3.63) is 0 Å². The van der Waals surface area contributed by atoms with Gasteiger partial charge in [-0.05, 0) is 12.8 Å². The molecule has 0 bridgehead atoms. The molecule has 0 aromatic heterocycles. The average molecular weight is 185 g/mol. The number of hydrogen-bond acceptors (Lipinski definition) is 3. The number of likely N-dealkylation sites (N-methyl/N-ethyl adjacent to an activating group) is 1. The first kappa shape index (κ1) is 8.97. The SMILES string of the molecule is CCC1C[C@H]2[C@@H](O1)[C@H](O)C(=O)N2C. The highest BCUT2D eigenvalue weighted by Crippen LogP contribution is 2.33. The molecule has 2 saturated heterocycles. The van der Waals surface area contributed by atoms with Gasteiger partial charge in [0.1, 0.15) is 6.10 Å². The van der Waals surface area contributed by atoms with Gasteiger partial charge >= 0.3 is 0 Å². The van der Waals surface area contributed by atoms with Gasteiger partial charge in [-0.15, -0.1) is 0 Å². The van der Waals surface area contributed by atoms with E-state index < -0.39 is 6.10 Å². The fourth-order valence-electron chi connectivity index (χ4n) is 2.21. The van der Waals surface area contributed by atoms with Crippen molar-refractivity contribution < 1.29 is 14.6 Å². The summed E-state index contributed by atoms with van der Waals surface area (Å²) in [6.07, 6.45) is 0.788. The van der Waals surface area contributed by atoms with E-state index in [9.17, 15) is 9.90 Å². The number of aliphatic hydroxyl groups excluding tert-OH is 1. The summed E-state index contributed by atoms with van der Waals surface area (Å²) >= 11 is 0. The molecule has 4 nitrogen and oxygen atoms in total. The topological polar surface area (TPSA) is 49.8 Å². The third-order valence-electron chi connectivity index (χ3n) is 3.10. The molecule has 0 aromatic rings. The first-order valence-corrected chi connectivity index (χ1v) is 4.75. The van der Waals surface area contributed by atoms with Crippen LogP contribution in [-0.2, 0) is 9.53 Å². The minimum Gasteiger partial charge on any atom is -0.380 e. The number of aliphatic hydroxyl groups is 1. The van der Waals surface area contributed by atoms with Gasteiger partial charge in [0.25, 0.3) is 5.91 Å². The molecule has 0 aromatic carbocycles. The van der Waals surface area contributed by atoms with Crippen LogP contribution in [-0.4, -0.2) is 47.3 Å². The predicted octanol–water partition coefficient (Wildman–Crippen LogP) is -0.245. The average Bonchev–Trinajstić information content (AvgIpc) is 2.64. The van der Waals surface area contributed by atoms with Gasteiger partial charge in [-0.2, -0.15) is 0 Å². The van der Waals surface area contributed by atoms with E-state index in [0.717, 1.165) is 12.8 Å². The zero-order chi connectivity index (χ0) is 9.59. The van der Waals surface area contributed by atoms with Crippen molar-refractivity contribution in [2.45, 2.75) is 44.1 Å². The molecule has 2 rings (SSSR count). The molecule has 0 aliphatic carbocycles. The minimum absolute atomic E-state index is 0.0902. The van der Waals surface area contributed by atoms with Crippen molar-refractivity contribution in [1.82, 2.24) is 4.90 Å². The fourth-order valence-corrected chi connectivity index (χ4v) is 2.21. The van der Waals surface area contributed by atoms with Crippen LogP contribution in [0.25, 0.3) is 0 Å². The summed E-state index contributed by atoms with van der Waals surface area (Å²) in [7, 11) is 1.73. The van der Waals surface area contributed by atoms with Crippen LogP contribution in [0.5, 0.6) is 0 Å². The normalized spacial score (nSPS) is 44.2. The highest BCUT2D eigenvalue weighted by atomic mass is 16.5. The second kappa shape index (κ2) is 2.96. The van der Waals surface area contributed by atoms with E-state index >= 15 is 0 Å². The zero-order valence-corrected chi connectivity index (χ0v) is 7.93. The monoisotopic (exact) mass is 185 g/mol. The Hall–Kier alpha value is -0.610. The van der Waals surface area contributed by atoms with E-state index in [-0.39, 0.29) is 24.2 Å². The number of fused-ring (bicyclic) bond motifs is 1. The quantitative estimate of drug-likeness (QED) is 0.613. The lowest BCUT2D eigenvalue weighted by atomic mass is 10.1. The van der Waals surface area contributed by atoms with Gasteiger partial charge in [-0.3, -0.25) is 4.79 Å². The van der Waals surface area contributed by atoms with Crippen LogP contribution in [0, 0.1) is 0 Å². The molecular weight excluding hydrogens is 170 g/mol. The Balaban J connectivity index is 2.13. The molecule has 2 aliphatic heterocycles. The Bertz CT molecular complexity index is 211. The number of rotatable bonds is 1. The molecule has 1 amide bonds. The van der Waals surface area contributed by atoms with Crippen LogP contribution in [0.2, 0.25) is 0 Å². The number of carbonyl (C=O) groups excluding carboxylic acids is 1. The third kappa shape index (κ3) is 1.16. The van der Waals surface area contributed by atoms with E-state index in [1.54, 1.807) is 11.9 Å². The zero-order valence-electron chi connectivity index (χ0n) is 7.93. The Morgan fingerprint density at radius 3 is 2.92 bits per heavy atom. The first-order valence-electron chi connectivity index (χ1n) is 4.75. The number of likely N-dealkylation sites (tertiary alicyclic amines) is 1. The summed E-state index contributed by atoms with van der Waals surface area (Å²) in [5, 5.41) is 9.54. The lowest BCUT2D eigenvalue weighted by molar-refractivity contribution is -0.137. The van der Waals surface area contributed by atoms with E-state index in [2.05, 4.69) is 6.92 Å². The van der Waals surface area contributed by atoms with Gasteiger partial charge in [0, 0.05) is 7.05 Å². The lowest BCUT2D eigenvalue weighted by Gasteiger charge is -2.16. The van der Waals surface area contributed by atoms with Crippen molar-refractivity contribution >= 4 is 5.91 Å². The molecule has 0 saturated carbocycles. The van der Waals surface area contributed by atoms with Crippen molar-refractivity contribution in [3.63, 3.8) is 0 Å². The molecule has 4 atom stereocenters. The minimum atomic E-state index is -0.938. The highest BCUT2D eigenvalue weighted by Gasteiger charge is 2.51. The molecule has 0 radical (unpaired) electrons. The van der Waals surface area contributed by atoms with Gasteiger partial charge < -0.3 is 14.7 Å². The summed E-state index contributed by atoms with van der Waals surface area (Å²) < 4.78 is 5.58. The molecule has 1 N–H and O–H groups in total. The molecule has 0 spiro atoms. The number of nitrogens with zero attached hydrogens (tertiary/aromatic N) is 1. The highest BCUT2D eigenvalue weighted by molar-refractivity contribution is 5.84. The van der Waals surface area contributed by atoms with Crippen LogP contribution < -0.4 is 0 Å². The van der Waals surface area contributed by atoms with Crippen molar-refractivity contribution in [2.75, 3.05) is 7.05 Å². The maximum atomic E-state index is 11.3. The molecular formula is C9H15NO3. The van der Waals surface area contributed by atoms with Gasteiger partial charge in [0.05, 0.1) is 12.1 Å². The van der Waals surface area contributed by atoms with Gasteiger partial charge in [0.15, 0.2) is 6.10 Å². The number of amides is 1. The van der Waals surface area contributed by atoms with Gasteiger partial charge in [0.2, 0.25) is 0 Å². The van der Waals surface area contributed by atoms with Crippen LogP contribution in [0.3, 0.4) is 0 Å². The second-order valence-corrected chi connectivity index (χ2v) is 3.83. The standard InChI is InChI=1S/C9H15NO3/c1-3-5-4-6-8(13-5)7(11)9(12)10(6)2/h5-8,11H,3-4H2,1-2H3/t5?,6-,7-,8+/m0/s1. The van der Waals surface area contributed by atoms with Crippen molar-refractivity contribution in [1.29, 1.82) is 0 Å². The lowest BCUT2D eigenvalue weighted by Crippen LogP contribution is -2.31. The van der Waals surface area contributed by atoms with Crippen molar-refractivity contribution in [2.24, 2.45) is 0 Å². The maximum absolute atomic E-state index is 11.3. The Kier molecular flexibility index (Phi) is 2.04. The third-order valence-corrected chi connectivity index (χ3v) is 3.10. The maximum Gasteiger partial charge on any atom is 0.254 e. The Labute approximate surface area is 77.5 Å². The predicted molar refractivity (Wildman–Crippen MR) is 46.1 cm³/mol. The molecule has 74 valence electrons. The van der Waals surface area contributed by atoms with Crippen LogP contribution in [0.1, 0.15) is 19.8 Å². The molecule has 13 heavy (non-hydrogen) atoms. The van der Waals surface area contributed by atoms with E-state index in [1.807, 2.05) is 0 Å². The smallest absolute Gasteiger partial charge is 0.254 e. The molecule has 2 fully saturated rings. The Morgan fingerprint density at radius 1 is 1.69 bits per heavy atom. The summed E-state index contributed by atoms with van der Waals surface area (Å²) in [4.78, 5) is 12.9. The number of carbonyl (C=O) groups is 1. The summed E-state index contributed by atoms with van der Waals surface area (Å²) in [6.45, 7) is 2.06. The van der Waals surface area contributed by atoms with E-state index in [1.165, 1.54) is 0 Å². The Morgan fingerprint density at radius 2 is 2.38 bits per heavy atom. The second-order valence-electron chi connectivity index (χ2n) is 3.83. The van der Waals surface area contributed by atoms with Crippen LogP contribution in [0.15, 0.2) is 0 Å². The molecule has 2 aliphatic rings. The van der Waals surface area contributed by atoms with Crippen LogP contribution in [0.4, 0.5) is 0 Å². The first-order chi connectivity index (χ1) is 6.15. The van der Waals surface area contributed by atoms with Gasteiger partial charge in [-0.25, -0.2) is 0 Å².